The fourth-order valence-electron chi connectivity index (χ4n) is 1.24. The number of ether oxygens (including phenoxy) is 1. The fourth-order valence-corrected chi connectivity index (χ4v) is 1.24. The van der Waals surface area contributed by atoms with Gasteiger partial charge in [-0.3, -0.25) is 0 Å². The smallest absolute Gasteiger partial charge is 0.384 e. The first kappa shape index (κ1) is 13.6. The van der Waals surface area contributed by atoms with Crippen molar-refractivity contribution in [3.8, 4) is 0 Å². The SMILES string of the molecule is COCCN(C)c1cc(C(F)(F)F)cc(N)n1. The van der Waals surface area contributed by atoms with Gasteiger partial charge in [-0.1, -0.05) is 0 Å². The van der Waals surface area contributed by atoms with Gasteiger partial charge in [0.2, 0.25) is 0 Å². The Bertz CT molecular complexity index is 382. The number of nitrogen functional groups attached to an aromatic ring is 1. The van der Waals surface area contributed by atoms with Gasteiger partial charge in [-0.2, -0.15) is 13.2 Å². The first-order valence-corrected chi connectivity index (χ1v) is 4.89. The van der Waals surface area contributed by atoms with Gasteiger partial charge >= 0.3 is 6.18 Å². The summed E-state index contributed by atoms with van der Waals surface area (Å²) in [6, 6.07) is 1.78. The van der Waals surface area contributed by atoms with Crippen LogP contribution in [0.15, 0.2) is 12.1 Å². The number of halogens is 3. The lowest BCUT2D eigenvalue weighted by Crippen LogP contribution is -2.24. The topological polar surface area (TPSA) is 51.4 Å². The van der Waals surface area contributed by atoms with E-state index in [0.717, 1.165) is 12.1 Å². The van der Waals surface area contributed by atoms with Crippen molar-refractivity contribution in [3.05, 3.63) is 17.7 Å². The van der Waals surface area contributed by atoms with Gasteiger partial charge in [-0.15, -0.1) is 0 Å². The van der Waals surface area contributed by atoms with Gasteiger partial charge < -0.3 is 15.4 Å². The number of anilines is 2. The molecule has 0 aliphatic rings. The van der Waals surface area contributed by atoms with Gasteiger partial charge in [0.05, 0.1) is 12.2 Å². The molecule has 4 nitrogen and oxygen atoms in total. The Labute approximate surface area is 97.2 Å². The van der Waals surface area contributed by atoms with E-state index in [0.29, 0.717) is 13.2 Å². The first-order valence-electron chi connectivity index (χ1n) is 4.89. The molecule has 17 heavy (non-hydrogen) atoms. The maximum absolute atomic E-state index is 12.5. The normalized spacial score (nSPS) is 11.6. The highest BCUT2D eigenvalue weighted by Crippen LogP contribution is 2.31. The summed E-state index contributed by atoms with van der Waals surface area (Å²) in [5, 5.41) is 0. The molecule has 0 radical (unpaired) electrons. The molecule has 1 aromatic heterocycles. The minimum absolute atomic E-state index is 0.154. The van der Waals surface area contributed by atoms with Crippen LogP contribution in [0.4, 0.5) is 24.8 Å². The molecule has 0 bridgehead atoms. The Kier molecular flexibility index (Phi) is 4.17. The zero-order chi connectivity index (χ0) is 13.1. The van der Waals surface area contributed by atoms with Gasteiger partial charge in [0.1, 0.15) is 11.6 Å². The molecule has 0 unspecified atom stereocenters. The summed E-state index contributed by atoms with van der Waals surface area (Å²) in [4.78, 5) is 5.40. The van der Waals surface area contributed by atoms with Crippen LogP contribution in [0.2, 0.25) is 0 Å². The molecule has 7 heteroatoms. The molecule has 0 saturated carbocycles. The highest BCUT2D eigenvalue weighted by atomic mass is 19.4. The van der Waals surface area contributed by atoms with E-state index in [4.69, 9.17) is 10.5 Å². The van der Waals surface area contributed by atoms with Crippen LogP contribution >= 0.6 is 0 Å². The van der Waals surface area contributed by atoms with Crippen LogP contribution in [0.3, 0.4) is 0 Å². The molecule has 1 rings (SSSR count). The van der Waals surface area contributed by atoms with Gasteiger partial charge in [0.15, 0.2) is 0 Å². The molecule has 1 heterocycles. The van der Waals surface area contributed by atoms with Crippen LogP contribution in [-0.4, -0.2) is 32.3 Å². The summed E-state index contributed by atoms with van der Waals surface area (Å²) >= 11 is 0. The van der Waals surface area contributed by atoms with Crippen molar-refractivity contribution in [2.45, 2.75) is 6.18 Å². The van der Waals surface area contributed by atoms with Crippen molar-refractivity contribution in [2.24, 2.45) is 0 Å². The van der Waals surface area contributed by atoms with Crippen molar-refractivity contribution in [1.82, 2.24) is 4.98 Å². The Morgan fingerprint density at radius 1 is 1.41 bits per heavy atom. The van der Waals surface area contributed by atoms with Crippen LogP contribution in [0.5, 0.6) is 0 Å². The lowest BCUT2D eigenvalue weighted by Gasteiger charge is -2.19. The average Bonchev–Trinajstić information content (AvgIpc) is 2.23. The molecule has 0 fully saturated rings. The van der Waals surface area contributed by atoms with E-state index in [9.17, 15) is 13.2 Å². The van der Waals surface area contributed by atoms with Crippen LogP contribution in [0.1, 0.15) is 5.56 Å². The molecular formula is C10H14F3N3O. The lowest BCUT2D eigenvalue weighted by molar-refractivity contribution is -0.137. The number of alkyl halides is 3. The zero-order valence-corrected chi connectivity index (χ0v) is 9.58. The van der Waals surface area contributed by atoms with Gasteiger partial charge in [0, 0.05) is 20.7 Å². The van der Waals surface area contributed by atoms with Gasteiger partial charge in [-0.05, 0) is 12.1 Å². The second-order valence-electron chi connectivity index (χ2n) is 3.55. The number of hydrogen-bond acceptors (Lipinski definition) is 4. The fraction of sp³-hybridized carbons (Fsp3) is 0.500. The van der Waals surface area contributed by atoms with Crippen LogP contribution in [0, 0.1) is 0 Å². The number of aromatic nitrogens is 1. The van der Waals surface area contributed by atoms with Crippen molar-refractivity contribution in [2.75, 3.05) is 37.9 Å². The largest absolute Gasteiger partial charge is 0.416 e. The van der Waals surface area contributed by atoms with Gasteiger partial charge in [-0.25, -0.2) is 4.98 Å². The van der Waals surface area contributed by atoms with Crippen molar-refractivity contribution in [3.63, 3.8) is 0 Å². The predicted molar refractivity (Wildman–Crippen MR) is 58.8 cm³/mol. The number of likely N-dealkylation sites (N-methyl/N-ethyl adjacent to an activating group) is 1. The number of hydrogen-bond donors (Lipinski definition) is 1. The zero-order valence-electron chi connectivity index (χ0n) is 9.58. The predicted octanol–water partition coefficient (Wildman–Crippen LogP) is 1.77. The van der Waals surface area contributed by atoms with Crippen LogP contribution in [-0.2, 0) is 10.9 Å². The number of methoxy groups -OCH3 is 1. The third-order valence-electron chi connectivity index (χ3n) is 2.18. The third-order valence-corrected chi connectivity index (χ3v) is 2.18. The molecule has 96 valence electrons. The van der Waals surface area contributed by atoms with E-state index in [1.807, 2.05) is 0 Å². The molecule has 0 aromatic carbocycles. The van der Waals surface area contributed by atoms with Crippen LogP contribution < -0.4 is 10.6 Å². The van der Waals surface area contributed by atoms with E-state index >= 15 is 0 Å². The summed E-state index contributed by atoms with van der Waals surface area (Å²) in [5.41, 5.74) is 4.55. The molecular weight excluding hydrogens is 235 g/mol. The van der Waals surface area contributed by atoms with Crippen molar-refractivity contribution < 1.29 is 17.9 Å². The Morgan fingerprint density at radius 3 is 2.59 bits per heavy atom. The number of pyridine rings is 1. The van der Waals surface area contributed by atoms with Crippen molar-refractivity contribution in [1.29, 1.82) is 0 Å². The molecule has 0 amide bonds. The quantitative estimate of drug-likeness (QED) is 0.883. The molecule has 2 N–H and O–H groups in total. The van der Waals surface area contributed by atoms with Gasteiger partial charge in [0.25, 0.3) is 0 Å². The van der Waals surface area contributed by atoms with E-state index in [1.165, 1.54) is 7.11 Å². The summed E-state index contributed by atoms with van der Waals surface area (Å²) < 4.78 is 42.4. The summed E-state index contributed by atoms with van der Waals surface area (Å²) in [6.07, 6.45) is -4.42. The Morgan fingerprint density at radius 2 is 2.06 bits per heavy atom. The van der Waals surface area contributed by atoms with E-state index in [1.54, 1.807) is 11.9 Å². The maximum atomic E-state index is 12.5. The Hall–Kier alpha value is -1.50. The third kappa shape index (κ3) is 3.77. The molecule has 0 saturated heterocycles. The second-order valence-corrected chi connectivity index (χ2v) is 3.55. The lowest BCUT2D eigenvalue weighted by atomic mass is 10.2. The molecule has 0 aliphatic carbocycles. The molecule has 0 atom stereocenters. The molecule has 0 spiro atoms. The number of rotatable bonds is 4. The Balaban J connectivity index is 2.97. The summed E-state index contributed by atoms with van der Waals surface area (Å²) in [5.74, 6) is 0.0217. The summed E-state index contributed by atoms with van der Waals surface area (Å²) in [7, 11) is 3.14. The number of nitrogens with zero attached hydrogens (tertiary/aromatic N) is 2. The van der Waals surface area contributed by atoms with Crippen LogP contribution in [0.25, 0.3) is 0 Å². The monoisotopic (exact) mass is 249 g/mol. The highest BCUT2D eigenvalue weighted by Gasteiger charge is 2.31. The second kappa shape index (κ2) is 5.22. The number of nitrogens with two attached hydrogens (primary N) is 1. The van der Waals surface area contributed by atoms with E-state index in [2.05, 4.69) is 4.98 Å². The van der Waals surface area contributed by atoms with Crippen molar-refractivity contribution >= 4 is 11.6 Å². The van der Waals surface area contributed by atoms with E-state index < -0.39 is 11.7 Å². The minimum Gasteiger partial charge on any atom is -0.384 e. The summed E-state index contributed by atoms with van der Waals surface area (Å²) in [6.45, 7) is 0.832. The maximum Gasteiger partial charge on any atom is 0.416 e. The molecule has 1 aromatic rings. The van der Waals surface area contributed by atoms with E-state index in [-0.39, 0.29) is 11.6 Å². The highest BCUT2D eigenvalue weighted by molar-refractivity contribution is 5.48. The molecule has 0 aliphatic heterocycles. The first-order chi connectivity index (χ1) is 7.84. The standard InChI is InChI=1S/C10H14F3N3O/c1-16(3-4-17-2)9-6-7(10(11,12)13)5-8(14)15-9/h5-6H,3-4H2,1-2H3,(H2,14,15). The average molecular weight is 249 g/mol. The minimum atomic E-state index is -4.42.